The average Bonchev–Trinajstić information content (AvgIpc) is 2.63. The minimum Gasteiger partial charge on any atom is -0.370 e. The Balaban J connectivity index is 2.24. The predicted octanol–water partition coefficient (Wildman–Crippen LogP) is 3.71. The Bertz CT molecular complexity index is 826. The van der Waals surface area contributed by atoms with Gasteiger partial charge in [-0.05, 0) is 19.9 Å². The first-order chi connectivity index (χ1) is 11.3. The van der Waals surface area contributed by atoms with E-state index in [1.54, 1.807) is 0 Å². The molecule has 3 aromatic rings. The number of anilines is 1. The molecule has 4 heteroatoms. The van der Waals surface area contributed by atoms with Crippen molar-refractivity contribution < 1.29 is 4.79 Å². The van der Waals surface area contributed by atoms with Crippen molar-refractivity contribution in [2.75, 3.05) is 18.0 Å². The molecule has 116 valence electrons. The highest BCUT2D eigenvalue weighted by molar-refractivity contribution is 6.14. The van der Waals surface area contributed by atoms with Gasteiger partial charge in [-0.1, -0.05) is 48.5 Å². The van der Waals surface area contributed by atoms with E-state index in [9.17, 15) is 4.79 Å². The fourth-order valence-corrected chi connectivity index (χ4v) is 2.78. The number of hydrogen-bond acceptors (Lipinski definition) is 4. The summed E-state index contributed by atoms with van der Waals surface area (Å²) in [5.41, 5.74) is 2.72. The Morgan fingerprint density at radius 2 is 1.57 bits per heavy atom. The average molecular weight is 305 g/mol. The third kappa shape index (κ3) is 2.80. The number of hydrogen-bond donors (Lipinski definition) is 0. The molecule has 0 atom stereocenters. The maximum absolute atomic E-state index is 12.9. The molecular formula is C19H19N3O. The topological polar surface area (TPSA) is 46.1 Å². The molecule has 0 radical (unpaired) electrons. The van der Waals surface area contributed by atoms with Gasteiger partial charge in [0, 0.05) is 24.0 Å². The van der Waals surface area contributed by atoms with Crippen LogP contribution in [0.2, 0.25) is 0 Å². The zero-order valence-electron chi connectivity index (χ0n) is 13.4. The highest BCUT2D eigenvalue weighted by Crippen LogP contribution is 2.29. The second-order valence-corrected chi connectivity index (χ2v) is 5.28. The van der Waals surface area contributed by atoms with Gasteiger partial charge in [0.05, 0.1) is 11.2 Å². The van der Waals surface area contributed by atoms with Crippen LogP contribution in [0.25, 0.3) is 10.9 Å². The molecule has 3 rings (SSSR count). The van der Waals surface area contributed by atoms with Gasteiger partial charge in [0.25, 0.3) is 0 Å². The van der Waals surface area contributed by atoms with Crippen molar-refractivity contribution in [2.24, 2.45) is 0 Å². The highest BCUT2D eigenvalue weighted by Gasteiger charge is 2.21. The Kier molecular flexibility index (Phi) is 4.33. The van der Waals surface area contributed by atoms with Gasteiger partial charge in [-0.15, -0.1) is 10.2 Å². The number of fused-ring (bicyclic) bond motifs is 1. The maximum atomic E-state index is 12.9. The van der Waals surface area contributed by atoms with E-state index < -0.39 is 0 Å². The van der Waals surface area contributed by atoms with E-state index in [0.29, 0.717) is 11.3 Å². The maximum Gasteiger partial charge on any atom is 0.215 e. The minimum absolute atomic E-state index is 0.0919. The van der Waals surface area contributed by atoms with Crippen LogP contribution in [-0.4, -0.2) is 29.1 Å². The van der Waals surface area contributed by atoms with Crippen molar-refractivity contribution in [3.05, 3.63) is 65.9 Å². The van der Waals surface area contributed by atoms with Crippen LogP contribution in [0.4, 0.5) is 5.69 Å². The second kappa shape index (κ2) is 6.57. The van der Waals surface area contributed by atoms with Crippen molar-refractivity contribution in [1.29, 1.82) is 0 Å². The molecule has 0 N–H and O–H groups in total. The minimum atomic E-state index is -0.0919. The zero-order valence-corrected chi connectivity index (χ0v) is 13.4. The molecule has 0 unspecified atom stereocenters. The summed E-state index contributed by atoms with van der Waals surface area (Å²) in [5.74, 6) is -0.0919. The van der Waals surface area contributed by atoms with Gasteiger partial charge in [-0.3, -0.25) is 4.79 Å². The Hall–Kier alpha value is -2.75. The van der Waals surface area contributed by atoms with E-state index >= 15 is 0 Å². The standard InChI is InChI=1S/C19H19N3O/c1-3-22(4-2)18-15-12-8-9-13-16(15)20-21-17(18)19(23)14-10-6-5-7-11-14/h5-13H,3-4H2,1-2H3. The summed E-state index contributed by atoms with van der Waals surface area (Å²) in [6.45, 7) is 5.77. The smallest absolute Gasteiger partial charge is 0.215 e. The van der Waals surface area contributed by atoms with Crippen LogP contribution in [0.15, 0.2) is 54.6 Å². The van der Waals surface area contributed by atoms with Gasteiger partial charge >= 0.3 is 0 Å². The summed E-state index contributed by atoms with van der Waals surface area (Å²) < 4.78 is 0. The van der Waals surface area contributed by atoms with Gasteiger partial charge < -0.3 is 4.90 Å². The summed E-state index contributed by atoms with van der Waals surface area (Å²) in [6.07, 6.45) is 0. The molecule has 0 bridgehead atoms. The van der Waals surface area contributed by atoms with Gasteiger partial charge in [-0.2, -0.15) is 0 Å². The number of carbonyl (C=O) groups excluding carboxylic acids is 1. The predicted molar refractivity (Wildman–Crippen MR) is 93.0 cm³/mol. The van der Waals surface area contributed by atoms with Crippen LogP contribution < -0.4 is 4.90 Å². The number of nitrogens with zero attached hydrogens (tertiary/aromatic N) is 3. The third-order valence-electron chi connectivity index (χ3n) is 3.97. The Labute approximate surface area is 135 Å². The van der Waals surface area contributed by atoms with Crippen LogP contribution in [0.5, 0.6) is 0 Å². The Morgan fingerprint density at radius 3 is 2.26 bits per heavy atom. The normalized spacial score (nSPS) is 10.7. The second-order valence-electron chi connectivity index (χ2n) is 5.28. The van der Waals surface area contributed by atoms with Crippen molar-refractivity contribution in [2.45, 2.75) is 13.8 Å². The fourth-order valence-electron chi connectivity index (χ4n) is 2.78. The molecule has 1 heterocycles. The Morgan fingerprint density at radius 1 is 0.913 bits per heavy atom. The molecular weight excluding hydrogens is 286 g/mol. The number of carbonyl (C=O) groups is 1. The molecule has 0 fully saturated rings. The zero-order chi connectivity index (χ0) is 16.2. The molecule has 0 spiro atoms. The molecule has 1 aromatic heterocycles. The van der Waals surface area contributed by atoms with Crippen LogP contribution in [0.3, 0.4) is 0 Å². The number of ketones is 1. The molecule has 0 aliphatic rings. The van der Waals surface area contributed by atoms with Gasteiger partial charge in [0.2, 0.25) is 5.78 Å². The molecule has 0 amide bonds. The first-order valence-corrected chi connectivity index (χ1v) is 7.86. The largest absolute Gasteiger partial charge is 0.370 e. The SMILES string of the molecule is CCN(CC)c1c(C(=O)c2ccccc2)nnc2ccccc12. The molecule has 4 nitrogen and oxygen atoms in total. The van der Waals surface area contributed by atoms with Crippen molar-refractivity contribution in [1.82, 2.24) is 10.2 Å². The molecule has 0 saturated heterocycles. The van der Waals surface area contributed by atoms with E-state index in [0.717, 1.165) is 29.7 Å². The van der Waals surface area contributed by atoms with Gasteiger partial charge in [0.1, 0.15) is 0 Å². The summed E-state index contributed by atoms with van der Waals surface area (Å²) in [4.78, 5) is 15.1. The summed E-state index contributed by atoms with van der Waals surface area (Å²) in [5, 5.41) is 9.46. The lowest BCUT2D eigenvalue weighted by Crippen LogP contribution is -2.25. The van der Waals surface area contributed by atoms with Crippen molar-refractivity contribution in [3.63, 3.8) is 0 Å². The van der Waals surface area contributed by atoms with Crippen LogP contribution in [0, 0.1) is 0 Å². The highest BCUT2D eigenvalue weighted by atomic mass is 16.1. The fraction of sp³-hybridized carbons (Fsp3) is 0.211. The van der Waals surface area contributed by atoms with Crippen LogP contribution >= 0.6 is 0 Å². The van der Waals surface area contributed by atoms with Gasteiger partial charge in [-0.25, -0.2) is 0 Å². The number of rotatable bonds is 5. The van der Waals surface area contributed by atoms with Crippen molar-refractivity contribution in [3.8, 4) is 0 Å². The van der Waals surface area contributed by atoms with E-state index in [4.69, 9.17) is 0 Å². The lowest BCUT2D eigenvalue weighted by atomic mass is 10.0. The first-order valence-electron chi connectivity index (χ1n) is 7.86. The van der Waals surface area contributed by atoms with E-state index in [1.807, 2.05) is 54.6 Å². The van der Waals surface area contributed by atoms with Crippen LogP contribution in [-0.2, 0) is 0 Å². The third-order valence-corrected chi connectivity index (χ3v) is 3.97. The first kappa shape index (κ1) is 15.2. The summed E-state index contributed by atoms with van der Waals surface area (Å²) in [7, 11) is 0. The monoisotopic (exact) mass is 305 g/mol. The van der Waals surface area contributed by atoms with E-state index in [-0.39, 0.29) is 5.78 Å². The quantitative estimate of drug-likeness (QED) is 0.674. The molecule has 0 aliphatic heterocycles. The summed E-state index contributed by atoms with van der Waals surface area (Å²) >= 11 is 0. The molecule has 2 aromatic carbocycles. The van der Waals surface area contributed by atoms with E-state index in [1.165, 1.54) is 0 Å². The van der Waals surface area contributed by atoms with E-state index in [2.05, 4.69) is 28.9 Å². The lowest BCUT2D eigenvalue weighted by molar-refractivity contribution is 0.103. The van der Waals surface area contributed by atoms with Crippen molar-refractivity contribution >= 4 is 22.4 Å². The molecule has 0 aliphatic carbocycles. The number of benzene rings is 2. The molecule has 0 saturated carbocycles. The van der Waals surface area contributed by atoms with Crippen LogP contribution in [0.1, 0.15) is 29.9 Å². The number of aromatic nitrogens is 2. The lowest BCUT2D eigenvalue weighted by Gasteiger charge is -2.24. The molecule has 23 heavy (non-hydrogen) atoms. The van der Waals surface area contributed by atoms with Gasteiger partial charge in [0.15, 0.2) is 5.69 Å². The summed E-state index contributed by atoms with van der Waals surface area (Å²) in [6, 6.07) is 17.1.